The van der Waals surface area contributed by atoms with Gasteiger partial charge in [0.1, 0.15) is 11.6 Å². The monoisotopic (exact) mass is 307 g/mol. The number of aryl methyl sites for hydroxylation is 1. The molecule has 1 fully saturated rings. The summed E-state index contributed by atoms with van der Waals surface area (Å²) in [5.41, 5.74) is 0. The molecule has 1 amide bonds. The Labute approximate surface area is 130 Å². The van der Waals surface area contributed by atoms with Crippen LogP contribution in [-0.2, 0) is 24.2 Å². The van der Waals surface area contributed by atoms with Crippen LogP contribution in [0.5, 0.6) is 0 Å². The molecule has 0 saturated carbocycles. The first-order chi connectivity index (χ1) is 10.7. The maximum atomic E-state index is 12.1. The number of aromatic nitrogens is 3. The number of amides is 1. The minimum Gasteiger partial charge on any atom is -0.393 e. The fourth-order valence-electron chi connectivity index (χ4n) is 3.25. The Morgan fingerprint density at radius 2 is 2.27 bits per heavy atom. The van der Waals surface area contributed by atoms with Crippen LogP contribution in [0.2, 0.25) is 0 Å². The van der Waals surface area contributed by atoms with Crippen LogP contribution >= 0.6 is 0 Å². The fraction of sp³-hybridized carbons (Fsp3) is 0.800. The third-order valence-corrected chi connectivity index (χ3v) is 4.53. The molecule has 1 aromatic heterocycles. The molecular formula is C15H25N5O2. The summed E-state index contributed by atoms with van der Waals surface area (Å²) in [4.78, 5) is 12.1. The van der Waals surface area contributed by atoms with Crippen LogP contribution in [0.1, 0.15) is 43.8 Å². The van der Waals surface area contributed by atoms with Crippen LogP contribution in [0, 0.1) is 0 Å². The third kappa shape index (κ3) is 3.64. The smallest absolute Gasteiger partial charge is 0.237 e. The molecule has 0 unspecified atom stereocenters. The number of rotatable bonds is 4. The van der Waals surface area contributed by atoms with Gasteiger partial charge in [0.2, 0.25) is 5.91 Å². The van der Waals surface area contributed by atoms with Crippen LogP contribution in [-0.4, -0.2) is 51.0 Å². The second kappa shape index (κ2) is 7.19. The van der Waals surface area contributed by atoms with Crippen molar-refractivity contribution in [3.63, 3.8) is 0 Å². The number of piperidine rings is 1. The molecule has 0 aromatic carbocycles. The number of nitrogens with one attached hydrogen (secondary N) is 2. The van der Waals surface area contributed by atoms with Crippen molar-refractivity contribution in [2.75, 3.05) is 13.1 Å². The molecular weight excluding hydrogens is 282 g/mol. The molecule has 7 nitrogen and oxygen atoms in total. The van der Waals surface area contributed by atoms with Crippen molar-refractivity contribution in [1.82, 2.24) is 25.4 Å². The minimum absolute atomic E-state index is 0.0330. The van der Waals surface area contributed by atoms with Crippen molar-refractivity contribution >= 4 is 5.91 Å². The number of hydrogen-bond donors (Lipinski definition) is 3. The lowest BCUT2D eigenvalue weighted by molar-refractivity contribution is -0.124. The highest BCUT2D eigenvalue weighted by atomic mass is 16.3. The zero-order valence-electron chi connectivity index (χ0n) is 12.9. The molecule has 2 atom stereocenters. The van der Waals surface area contributed by atoms with Gasteiger partial charge < -0.3 is 20.3 Å². The highest BCUT2D eigenvalue weighted by Crippen LogP contribution is 2.14. The predicted octanol–water partition coefficient (Wildman–Crippen LogP) is -0.224. The summed E-state index contributed by atoms with van der Waals surface area (Å²) >= 11 is 0. The SMILES string of the molecule is O=C(NCCc1nnc2n1CCCCC2)[C@H]1C[C@H](O)CCN1. The lowest BCUT2D eigenvalue weighted by Gasteiger charge is -2.26. The number of fused-ring (bicyclic) bond motifs is 1. The summed E-state index contributed by atoms with van der Waals surface area (Å²) in [5.74, 6) is 2.01. The third-order valence-electron chi connectivity index (χ3n) is 4.53. The molecule has 0 radical (unpaired) electrons. The molecule has 0 aliphatic carbocycles. The summed E-state index contributed by atoms with van der Waals surface area (Å²) < 4.78 is 2.21. The number of aliphatic hydroxyl groups is 1. The fourth-order valence-corrected chi connectivity index (χ4v) is 3.25. The molecule has 3 heterocycles. The predicted molar refractivity (Wildman–Crippen MR) is 81.3 cm³/mol. The first kappa shape index (κ1) is 15.4. The van der Waals surface area contributed by atoms with E-state index in [1.165, 1.54) is 19.3 Å². The van der Waals surface area contributed by atoms with Gasteiger partial charge in [-0.15, -0.1) is 10.2 Å². The Morgan fingerprint density at radius 1 is 1.36 bits per heavy atom. The number of hydrogen-bond acceptors (Lipinski definition) is 5. The van der Waals surface area contributed by atoms with E-state index in [0.717, 1.165) is 31.0 Å². The van der Waals surface area contributed by atoms with Crippen molar-refractivity contribution < 1.29 is 9.90 Å². The Bertz CT molecular complexity index is 516. The second-order valence-corrected chi connectivity index (χ2v) is 6.22. The van der Waals surface area contributed by atoms with Gasteiger partial charge in [0.05, 0.1) is 12.1 Å². The molecule has 1 saturated heterocycles. The van der Waals surface area contributed by atoms with Gasteiger partial charge in [-0.1, -0.05) is 6.42 Å². The van der Waals surface area contributed by atoms with Gasteiger partial charge in [-0.2, -0.15) is 0 Å². The van der Waals surface area contributed by atoms with Crippen LogP contribution in [0.15, 0.2) is 0 Å². The van der Waals surface area contributed by atoms with Gasteiger partial charge in [0.25, 0.3) is 0 Å². The summed E-state index contributed by atoms with van der Waals surface area (Å²) in [6.07, 6.45) is 6.15. The first-order valence-corrected chi connectivity index (χ1v) is 8.34. The standard InChI is InChI=1S/C15H25N5O2/c21-11-5-7-16-12(10-11)15(22)17-8-6-14-19-18-13-4-2-1-3-9-20(13)14/h11-12,16,21H,1-10H2,(H,17,22)/t11-,12-/m1/s1. The lowest BCUT2D eigenvalue weighted by atomic mass is 10.0. The molecule has 122 valence electrons. The zero-order valence-corrected chi connectivity index (χ0v) is 12.9. The van der Waals surface area contributed by atoms with Crippen molar-refractivity contribution in [2.24, 2.45) is 0 Å². The van der Waals surface area contributed by atoms with Gasteiger partial charge in [0, 0.05) is 25.9 Å². The maximum Gasteiger partial charge on any atom is 0.237 e. The van der Waals surface area contributed by atoms with E-state index in [1.807, 2.05) is 0 Å². The van der Waals surface area contributed by atoms with Crippen molar-refractivity contribution in [2.45, 2.75) is 63.6 Å². The molecule has 2 aliphatic heterocycles. The molecule has 1 aromatic rings. The maximum absolute atomic E-state index is 12.1. The highest BCUT2D eigenvalue weighted by molar-refractivity contribution is 5.81. The van der Waals surface area contributed by atoms with Gasteiger partial charge in [-0.25, -0.2) is 0 Å². The molecule has 3 N–H and O–H groups in total. The van der Waals surface area contributed by atoms with Gasteiger partial charge in [0.15, 0.2) is 0 Å². The Kier molecular flexibility index (Phi) is 5.04. The van der Waals surface area contributed by atoms with Crippen molar-refractivity contribution in [1.29, 1.82) is 0 Å². The van der Waals surface area contributed by atoms with E-state index in [1.54, 1.807) is 0 Å². The van der Waals surface area contributed by atoms with Gasteiger partial charge >= 0.3 is 0 Å². The first-order valence-electron chi connectivity index (χ1n) is 8.34. The van der Waals surface area contributed by atoms with Gasteiger partial charge in [-0.05, 0) is 32.2 Å². The number of aliphatic hydroxyl groups excluding tert-OH is 1. The topological polar surface area (TPSA) is 92.1 Å². The molecule has 0 spiro atoms. The summed E-state index contributed by atoms with van der Waals surface area (Å²) in [6, 6.07) is -0.278. The summed E-state index contributed by atoms with van der Waals surface area (Å²) in [5, 5.41) is 24.2. The summed E-state index contributed by atoms with van der Waals surface area (Å²) in [6.45, 7) is 2.24. The lowest BCUT2D eigenvalue weighted by Crippen LogP contribution is -2.50. The Morgan fingerprint density at radius 3 is 3.14 bits per heavy atom. The molecule has 2 aliphatic rings. The quantitative estimate of drug-likeness (QED) is 0.715. The molecule has 7 heteroatoms. The number of carbonyl (C=O) groups is 1. The number of nitrogens with zero attached hydrogens (tertiary/aromatic N) is 3. The Balaban J connectivity index is 1.49. The molecule has 3 rings (SSSR count). The zero-order chi connectivity index (χ0) is 15.4. The van der Waals surface area contributed by atoms with Crippen LogP contribution in [0.3, 0.4) is 0 Å². The van der Waals surface area contributed by atoms with Crippen LogP contribution in [0.4, 0.5) is 0 Å². The second-order valence-electron chi connectivity index (χ2n) is 6.22. The van der Waals surface area contributed by atoms with E-state index in [9.17, 15) is 9.90 Å². The average molecular weight is 307 g/mol. The van der Waals surface area contributed by atoms with E-state index in [4.69, 9.17) is 0 Å². The average Bonchev–Trinajstić information content (AvgIpc) is 2.75. The van der Waals surface area contributed by atoms with Crippen LogP contribution < -0.4 is 10.6 Å². The van der Waals surface area contributed by atoms with E-state index >= 15 is 0 Å². The minimum atomic E-state index is -0.371. The van der Waals surface area contributed by atoms with Crippen LogP contribution in [0.25, 0.3) is 0 Å². The van der Waals surface area contributed by atoms with E-state index in [-0.39, 0.29) is 18.1 Å². The molecule has 0 bridgehead atoms. The molecule has 22 heavy (non-hydrogen) atoms. The Hall–Kier alpha value is -1.47. The van der Waals surface area contributed by atoms with Crippen molar-refractivity contribution in [3.8, 4) is 0 Å². The van der Waals surface area contributed by atoms with E-state index in [0.29, 0.717) is 25.9 Å². The normalized spacial score (nSPS) is 25.3. The van der Waals surface area contributed by atoms with E-state index in [2.05, 4.69) is 25.4 Å². The highest BCUT2D eigenvalue weighted by Gasteiger charge is 2.25. The van der Waals surface area contributed by atoms with E-state index < -0.39 is 0 Å². The summed E-state index contributed by atoms with van der Waals surface area (Å²) in [7, 11) is 0. The van der Waals surface area contributed by atoms with Crippen molar-refractivity contribution in [3.05, 3.63) is 11.6 Å². The number of carbonyl (C=O) groups excluding carboxylic acids is 1. The van der Waals surface area contributed by atoms with Gasteiger partial charge in [-0.3, -0.25) is 4.79 Å². The largest absolute Gasteiger partial charge is 0.393 e.